The Labute approximate surface area is 155 Å². The van der Waals surface area contributed by atoms with Crippen molar-refractivity contribution < 1.29 is 24.1 Å². The summed E-state index contributed by atoms with van der Waals surface area (Å²) in [6.07, 6.45) is 1.18. The van der Waals surface area contributed by atoms with Gasteiger partial charge >= 0.3 is 11.9 Å². The highest BCUT2D eigenvalue weighted by Gasteiger charge is 2.42. The van der Waals surface area contributed by atoms with E-state index in [1.807, 2.05) is 13.8 Å². The van der Waals surface area contributed by atoms with Crippen molar-refractivity contribution in [3.8, 4) is 5.75 Å². The molecule has 0 spiro atoms. The second-order valence-corrected chi connectivity index (χ2v) is 6.12. The van der Waals surface area contributed by atoms with E-state index in [1.165, 1.54) is 22.8 Å². The van der Waals surface area contributed by atoms with Gasteiger partial charge in [0.15, 0.2) is 0 Å². The van der Waals surface area contributed by atoms with E-state index in [9.17, 15) is 19.5 Å². The maximum Gasteiger partial charge on any atom is 0.446 e. The Morgan fingerprint density at radius 2 is 2.00 bits per heavy atom. The SMILES string of the molecule is CCCN1C(=O)C(=NC(=O)c2ccc(O)c(Cl)c2)C(N)=[N+](CCC)C1=O. The smallest absolute Gasteiger partial charge is 0.446 e. The molecular formula is C17H20ClN4O4+. The maximum atomic E-state index is 12.6. The van der Waals surface area contributed by atoms with Crippen molar-refractivity contribution in [1.29, 1.82) is 0 Å². The third kappa shape index (κ3) is 3.75. The number of amidine groups is 1. The molecule has 2 rings (SSSR count). The third-order valence-electron chi connectivity index (χ3n) is 3.75. The largest absolute Gasteiger partial charge is 0.506 e. The second kappa shape index (κ2) is 8.09. The number of hydrogen-bond donors (Lipinski definition) is 2. The van der Waals surface area contributed by atoms with Crippen LogP contribution in [0.4, 0.5) is 4.79 Å². The van der Waals surface area contributed by atoms with Crippen LogP contribution < -0.4 is 5.73 Å². The summed E-state index contributed by atoms with van der Waals surface area (Å²) in [4.78, 5) is 42.3. The lowest BCUT2D eigenvalue weighted by Gasteiger charge is -2.22. The molecule has 1 aromatic rings. The average molecular weight is 380 g/mol. The molecule has 1 aliphatic rings. The summed E-state index contributed by atoms with van der Waals surface area (Å²) < 4.78 is 1.24. The van der Waals surface area contributed by atoms with Gasteiger partial charge in [-0.25, -0.2) is 9.59 Å². The lowest BCUT2D eigenvalue weighted by Crippen LogP contribution is -2.58. The van der Waals surface area contributed by atoms with E-state index in [1.54, 1.807) is 0 Å². The first-order chi connectivity index (χ1) is 12.3. The lowest BCUT2D eigenvalue weighted by atomic mass is 10.2. The number of benzene rings is 1. The standard InChI is InChI=1S/C17H19ClN4O4/c1-3-7-21-14(19)13(16(25)22(8-4-2)17(21)26)20-15(24)10-5-6-12(23)11(18)9-10/h5-6,9,19H,3-4,7-8H2,1-2H3,(H,23,24)/p+1. The number of nitrogens with zero attached hydrogens (tertiary/aromatic N) is 3. The Kier molecular flexibility index (Phi) is 6.10. The van der Waals surface area contributed by atoms with E-state index in [0.717, 1.165) is 4.90 Å². The number of rotatable bonds is 5. The van der Waals surface area contributed by atoms with E-state index in [-0.39, 0.29) is 34.4 Å². The van der Waals surface area contributed by atoms with Crippen LogP contribution in [0.3, 0.4) is 0 Å². The fraction of sp³-hybridized carbons (Fsp3) is 0.353. The highest BCUT2D eigenvalue weighted by atomic mass is 35.5. The minimum absolute atomic E-state index is 0.0154. The van der Waals surface area contributed by atoms with E-state index in [4.69, 9.17) is 17.3 Å². The molecule has 0 atom stereocenters. The molecule has 1 aromatic carbocycles. The topological polar surface area (TPSA) is 116 Å². The molecule has 0 saturated carbocycles. The molecule has 8 nitrogen and oxygen atoms in total. The third-order valence-corrected chi connectivity index (χ3v) is 4.05. The maximum absolute atomic E-state index is 12.6. The van der Waals surface area contributed by atoms with Gasteiger partial charge in [0, 0.05) is 5.56 Å². The number of phenolic OH excluding ortho intramolecular Hbond substituents is 1. The fourth-order valence-electron chi connectivity index (χ4n) is 2.47. The van der Waals surface area contributed by atoms with Crippen molar-refractivity contribution in [2.45, 2.75) is 26.7 Å². The fourth-order valence-corrected chi connectivity index (χ4v) is 2.65. The van der Waals surface area contributed by atoms with E-state index >= 15 is 0 Å². The van der Waals surface area contributed by atoms with Crippen LogP contribution in [0.5, 0.6) is 5.75 Å². The van der Waals surface area contributed by atoms with Gasteiger partial charge in [-0.05, 0) is 31.0 Å². The van der Waals surface area contributed by atoms with Crippen molar-refractivity contribution >= 4 is 41.0 Å². The van der Waals surface area contributed by atoms with Crippen LogP contribution in [0.1, 0.15) is 37.0 Å². The van der Waals surface area contributed by atoms with Crippen molar-refractivity contribution in [3.63, 3.8) is 0 Å². The predicted octanol–water partition coefficient (Wildman–Crippen LogP) is 1.78. The van der Waals surface area contributed by atoms with Crippen LogP contribution >= 0.6 is 11.6 Å². The Morgan fingerprint density at radius 1 is 1.31 bits per heavy atom. The Morgan fingerprint density at radius 3 is 2.58 bits per heavy atom. The highest BCUT2D eigenvalue weighted by molar-refractivity contribution is 6.68. The minimum atomic E-state index is -0.750. The van der Waals surface area contributed by atoms with Crippen LogP contribution in [0.15, 0.2) is 23.2 Å². The molecule has 0 aliphatic carbocycles. The number of nitrogens with two attached hydrogens (primary N) is 1. The molecule has 3 N–H and O–H groups in total. The summed E-state index contributed by atoms with van der Waals surface area (Å²) in [5.41, 5.74) is 5.76. The minimum Gasteiger partial charge on any atom is -0.506 e. The summed E-state index contributed by atoms with van der Waals surface area (Å²) in [7, 11) is 0. The molecule has 0 aromatic heterocycles. The van der Waals surface area contributed by atoms with Gasteiger partial charge in [-0.15, -0.1) is 0 Å². The zero-order valence-electron chi connectivity index (χ0n) is 14.5. The monoisotopic (exact) mass is 379 g/mol. The molecule has 0 fully saturated rings. The summed E-state index contributed by atoms with van der Waals surface area (Å²) >= 11 is 5.80. The van der Waals surface area contributed by atoms with E-state index in [2.05, 4.69) is 4.99 Å². The Balaban J connectivity index is 2.50. The number of urea groups is 1. The molecule has 0 unspecified atom stereocenters. The molecule has 0 radical (unpaired) electrons. The van der Waals surface area contributed by atoms with Gasteiger partial charge in [-0.1, -0.05) is 25.4 Å². The van der Waals surface area contributed by atoms with Gasteiger partial charge in [0.25, 0.3) is 11.7 Å². The number of carbonyl (C=O) groups is 3. The van der Waals surface area contributed by atoms with Gasteiger partial charge in [0.1, 0.15) is 5.75 Å². The molecule has 4 amide bonds. The Hall–Kier alpha value is -2.74. The first-order valence-electron chi connectivity index (χ1n) is 8.19. The molecule has 138 valence electrons. The van der Waals surface area contributed by atoms with Gasteiger partial charge in [0.2, 0.25) is 5.71 Å². The molecule has 1 heterocycles. The number of imide groups is 1. The zero-order chi connectivity index (χ0) is 19.4. The zero-order valence-corrected chi connectivity index (χ0v) is 15.3. The van der Waals surface area contributed by atoms with Gasteiger partial charge in [-0.2, -0.15) is 14.5 Å². The number of carbonyl (C=O) groups excluding carboxylic acids is 3. The molecular weight excluding hydrogens is 360 g/mol. The van der Waals surface area contributed by atoms with Crippen molar-refractivity contribution in [2.75, 3.05) is 13.1 Å². The number of hydrogen-bond acceptors (Lipinski definition) is 5. The predicted molar refractivity (Wildman–Crippen MR) is 96.9 cm³/mol. The summed E-state index contributed by atoms with van der Waals surface area (Å²) in [6, 6.07) is 3.30. The number of phenols is 1. The molecule has 0 saturated heterocycles. The molecule has 0 bridgehead atoms. The lowest BCUT2D eigenvalue weighted by molar-refractivity contribution is -0.436. The number of aliphatic imine (C=N–C) groups is 1. The van der Waals surface area contributed by atoms with Crippen molar-refractivity contribution in [2.24, 2.45) is 10.7 Å². The number of halogens is 1. The van der Waals surface area contributed by atoms with Gasteiger partial charge in [-0.3, -0.25) is 4.79 Å². The molecule has 26 heavy (non-hydrogen) atoms. The first kappa shape index (κ1) is 19.6. The van der Waals surface area contributed by atoms with Gasteiger partial charge in [0.05, 0.1) is 18.1 Å². The quantitative estimate of drug-likeness (QED) is 0.756. The van der Waals surface area contributed by atoms with Crippen molar-refractivity contribution in [1.82, 2.24) is 4.90 Å². The summed E-state index contributed by atoms with van der Waals surface area (Å²) in [5, 5.41) is 9.42. The van der Waals surface area contributed by atoms with E-state index < -0.39 is 17.8 Å². The van der Waals surface area contributed by atoms with E-state index in [0.29, 0.717) is 19.4 Å². The number of aromatic hydroxyl groups is 1. The first-order valence-corrected chi connectivity index (χ1v) is 8.57. The van der Waals surface area contributed by atoms with Crippen LogP contribution in [0.25, 0.3) is 0 Å². The van der Waals surface area contributed by atoms with Crippen LogP contribution in [-0.2, 0) is 4.79 Å². The summed E-state index contributed by atoms with van der Waals surface area (Å²) in [5.74, 6) is -1.78. The molecule has 1 aliphatic heterocycles. The van der Waals surface area contributed by atoms with Crippen LogP contribution in [-0.4, -0.2) is 57.1 Å². The Bertz CT molecular complexity index is 832. The van der Waals surface area contributed by atoms with Crippen LogP contribution in [0, 0.1) is 0 Å². The van der Waals surface area contributed by atoms with Crippen LogP contribution in [0.2, 0.25) is 5.02 Å². The van der Waals surface area contributed by atoms with Crippen molar-refractivity contribution in [3.05, 3.63) is 28.8 Å². The summed E-state index contributed by atoms with van der Waals surface area (Å²) in [6.45, 7) is 4.19. The normalized spacial score (nSPS) is 16.6. The van der Waals surface area contributed by atoms with Gasteiger partial charge < -0.3 is 10.8 Å². The number of amides is 4. The second-order valence-electron chi connectivity index (χ2n) is 5.71. The highest BCUT2D eigenvalue weighted by Crippen LogP contribution is 2.24. The average Bonchev–Trinajstić information content (AvgIpc) is 2.61. The molecule has 9 heteroatoms.